The summed E-state index contributed by atoms with van der Waals surface area (Å²) in [7, 11) is 4.50. The Morgan fingerprint density at radius 2 is 1.64 bits per heavy atom. The van der Waals surface area contributed by atoms with Crippen LogP contribution in [0.25, 0.3) is 0 Å². The van der Waals surface area contributed by atoms with Gasteiger partial charge in [-0.15, -0.1) is 0 Å². The Morgan fingerprint density at radius 3 is 2.21 bits per heavy atom. The molecule has 0 spiro atoms. The Bertz CT molecular complexity index is 886. The molecule has 1 heterocycles. The maximum atomic E-state index is 12.7. The van der Waals surface area contributed by atoms with Crippen LogP contribution in [0.2, 0.25) is 0 Å². The Labute approximate surface area is 162 Å². The number of rotatable bonds is 6. The monoisotopic (exact) mass is 383 g/mol. The lowest BCUT2D eigenvalue weighted by Crippen LogP contribution is -2.36. The quantitative estimate of drug-likeness (QED) is 0.829. The van der Waals surface area contributed by atoms with Crippen LogP contribution in [-0.4, -0.2) is 38.9 Å². The molecular weight excluding hydrogens is 362 g/mol. The fraction of sp³-hybridized carbons (Fsp3) is 0.250. The van der Waals surface area contributed by atoms with Crippen molar-refractivity contribution in [3.8, 4) is 17.2 Å². The van der Waals surface area contributed by atoms with Crippen LogP contribution in [0, 0.1) is 0 Å². The van der Waals surface area contributed by atoms with Crippen molar-refractivity contribution >= 4 is 28.9 Å². The fourth-order valence-electron chi connectivity index (χ4n) is 2.84. The first kappa shape index (κ1) is 19.2. The van der Waals surface area contributed by atoms with Crippen LogP contribution in [0.1, 0.15) is 12.8 Å². The van der Waals surface area contributed by atoms with Crippen molar-refractivity contribution < 1.29 is 23.8 Å². The number of hydrogen-bond donors (Lipinski definition) is 1. The first-order valence-electron chi connectivity index (χ1n) is 8.64. The lowest BCUT2D eigenvalue weighted by molar-refractivity contribution is -0.118. The number of hydrogen-bond acceptors (Lipinski definition) is 6. The van der Waals surface area contributed by atoms with Crippen LogP contribution in [0.5, 0.6) is 17.2 Å². The minimum atomic E-state index is -0.400. The summed E-state index contributed by atoms with van der Waals surface area (Å²) in [6, 6.07) is 12.2. The minimum absolute atomic E-state index is 0.157. The molecule has 2 aromatic carbocycles. The van der Waals surface area contributed by atoms with E-state index in [1.54, 1.807) is 24.3 Å². The maximum absolute atomic E-state index is 12.7. The molecule has 2 amide bonds. The Hall–Kier alpha value is -3.55. The third-order valence-electron chi connectivity index (χ3n) is 4.22. The van der Waals surface area contributed by atoms with E-state index in [1.807, 2.05) is 18.2 Å². The molecule has 8 heteroatoms. The third-order valence-corrected chi connectivity index (χ3v) is 4.22. The third kappa shape index (κ3) is 3.90. The topological polar surface area (TPSA) is 89.5 Å². The second-order valence-electron chi connectivity index (χ2n) is 5.96. The van der Waals surface area contributed by atoms with E-state index in [-0.39, 0.29) is 24.5 Å². The van der Waals surface area contributed by atoms with Crippen LogP contribution in [0.3, 0.4) is 0 Å². The van der Waals surface area contributed by atoms with E-state index in [2.05, 4.69) is 10.4 Å². The first-order chi connectivity index (χ1) is 13.6. The van der Waals surface area contributed by atoms with E-state index < -0.39 is 5.91 Å². The molecule has 0 fully saturated rings. The van der Waals surface area contributed by atoms with E-state index in [1.165, 1.54) is 26.3 Å². The molecule has 1 N–H and O–H groups in total. The molecule has 146 valence electrons. The van der Waals surface area contributed by atoms with Crippen molar-refractivity contribution in [2.75, 3.05) is 31.7 Å². The molecule has 0 aromatic heterocycles. The van der Waals surface area contributed by atoms with Gasteiger partial charge in [0, 0.05) is 30.7 Å². The van der Waals surface area contributed by atoms with Crippen LogP contribution >= 0.6 is 0 Å². The van der Waals surface area contributed by atoms with Gasteiger partial charge in [0.05, 0.1) is 27.0 Å². The molecule has 1 aliphatic heterocycles. The van der Waals surface area contributed by atoms with Gasteiger partial charge >= 0.3 is 0 Å². The number of hydrazone groups is 1. The van der Waals surface area contributed by atoms with E-state index in [0.717, 1.165) is 0 Å². The molecule has 8 nitrogen and oxygen atoms in total. The van der Waals surface area contributed by atoms with Gasteiger partial charge in [0.15, 0.2) is 11.5 Å². The highest BCUT2D eigenvalue weighted by Gasteiger charge is 2.26. The Morgan fingerprint density at radius 1 is 1.00 bits per heavy atom. The van der Waals surface area contributed by atoms with Crippen LogP contribution in [0.15, 0.2) is 47.6 Å². The van der Waals surface area contributed by atoms with E-state index in [4.69, 9.17) is 14.2 Å². The van der Waals surface area contributed by atoms with Crippen molar-refractivity contribution in [3.05, 3.63) is 42.5 Å². The molecule has 2 aromatic rings. The van der Waals surface area contributed by atoms with Gasteiger partial charge in [0.1, 0.15) is 5.71 Å². The molecule has 0 radical (unpaired) electrons. The Kier molecular flexibility index (Phi) is 5.78. The number of methoxy groups -OCH3 is 3. The lowest BCUT2D eigenvalue weighted by Gasteiger charge is -2.23. The van der Waals surface area contributed by atoms with Gasteiger partial charge in [-0.25, -0.2) is 5.01 Å². The molecule has 0 bridgehead atoms. The predicted molar refractivity (Wildman–Crippen MR) is 105 cm³/mol. The van der Waals surface area contributed by atoms with Crippen LogP contribution in [-0.2, 0) is 9.59 Å². The Balaban J connectivity index is 1.85. The van der Waals surface area contributed by atoms with Crippen molar-refractivity contribution in [1.82, 2.24) is 0 Å². The second kappa shape index (κ2) is 8.43. The molecule has 0 atom stereocenters. The maximum Gasteiger partial charge on any atom is 0.271 e. The zero-order valence-electron chi connectivity index (χ0n) is 15.9. The smallest absolute Gasteiger partial charge is 0.271 e. The number of benzene rings is 2. The lowest BCUT2D eigenvalue weighted by atomic mass is 10.1. The van der Waals surface area contributed by atoms with Crippen molar-refractivity contribution in [1.29, 1.82) is 0 Å². The van der Waals surface area contributed by atoms with Gasteiger partial charge in [-0.05, 0) is 12.1 Å². The number of nitrogens with zero attached hydrogens (tertiary/aromatic N) is 2. The summed E-state index contributed by atoms with van der Waals surface area (Å²) in [5.74, 6) is 0.713. The summed E-state index contributed by atoms with van der Waals surface area (Å²) in [5.41, 5.74) is 1.34. The second-order valence-corrected chi connectivity index (χ2v) is 5.96. The molecule has 1 aliphatic rings. The van der Waals surface area contributed by atoms with Crippen molar-refractivity contribution in [3.63, 3.8) is 0 Å². The summed E-state index contributed by atoms with van der Waals surface area (Å²) in [6.45, 7) is 0. The minimum Gasteiger partial charge on any atom is -0.493 e. The van der Waals surface area contributed by atoms with E-state index >= 15 is 0 Å². The normalized spacial score (nSPS) is 13.6. The first-order valence-corrected chi connectivity index (χ1v) is 8.64. The average Bonchev–Trinajstić information content (AvgIpc) is 2.73. The molecule has 0 saturated heterocycles. The molecule has 0 aliphatic carbocycles. The van der Waals surface area contributed by atoms with Crippen molar-refractivity contribution in [2.45, 2.75) is 12.8 Å². The summed E-state index contributed by atoms with van der Waals surface area (Å²) < 4.78 is 15.9. The van der Waals surface area contributed by atoms with E-state index in [0.29, 0.717) is 28.6 Å². The molecule has 0 saturated carbocycles. The number of amides is 2. The fourth-order valence-corrected chi connectivity index (χ4v) is 2.84. The highest BCUT2D eigenvalue weighted by atomic mass is 16.5. The summed E-state index contributed by atoms with van der Waals surface area (Å²) in [6.07, 6.45) is 0.467. The highest BCUT2D eigenvalue weighted by molar-refractivity contribution is 6.44. The van der Waals surface area contributed by atoms with Crippen molar-refractivity contribution in [2.24, 2.45) is 5.10 Å². The van der Waals surface area contributed by atoms with Gasteiger partial charge in [-0.2, -0.15) is 5.10 Å². The van der Waals surface area contributed by atoms with Gasteiger partial charge in [0.25, 0.3) is 5.91 Å². The number of anilines is 2. The number of carbonyl (C=O) groups is 2. The van der Waals surface area contributed by atoms with Gasteiger partial charge in [-0.3, -0.25) is 9.59 Å². The average molecular weight is 383 g/mol. The predicted octanol–water partition coefficient (Wildman–Crippen LogP) is 2.83. The summed E-state index contributed by atoms with van der Waals surface area (Å²) in [4.78, 5) is 24.9. The van der Waals surface area contributed by atoms with Gasteiger partial charge in [0.2, 0.25) is 11.7 Å². The van der Waals surface area contributed by atoms with E-state index in [9.17, 15) is 9.59 Å². The van der Waals surface area contributed by atoms with Gasteiger partial charge in [-0.1, -0.05) is 18.2 Å². The molecule has 0 unspecified atom stereocenters. The van der Waals surface area contributed by atoms with Crippen LogP contribution in [0.4, 0.5) is 11.4 Å². The zero-order valence-corrected chi connectivity index (χ0v) is 15.9. The zero-order chi connectivity index (χ0) is 20.1. The molecule has 28 heavy (non-hydrogen) atoms. The number of ether oxygens (including phenoxy) is 3. The number of nitrogens with one attached hydrogen (secondary N) is 1. The summed E-state index contributed by atoms with van der Waals surface area (Å²) in [5, 5.41) is 8.28. The molecular formula is C20H21N3O5. The number of para-hydroxylation sites is 1. The molecule has 3 rings (SSSR count). The number of carbonyl (C=O) groups excluding carboxylic acids is 2. The highest BCUT2D eigenvalue weighted by Crippen LogP contribution is 2.40. The summed E-state index contributed by atoms with van der Waals surface area (Å²) >= 11 is 0. The van der Waals surface area contributed by atoms with Gasteiger partial charge < -0.3 is 19.5 Å². The largest absolute Gasteiger partial charge is 0.493 e. The van der Waals surface area contributed by atoms with Crippen LogP contribution < -0.4 is 24.5 Å². The standard InChI is InChI=1S/C20H21N3O5/c1-26-16-11-13(12-17(27-2)19(16)28-3)21-20(25)15-9-10-18(24)23(22-15)14-7-5-4-6-8-14/h4-8,11-12H,9-10H2,1-3H3,(H,21,25). The SMILES string of the molecule is COc1cc(NC(=O)C2=NN(c3ccccc3)C(=O)CC2)cc(OC)c1OC.